The van der Waals surface area contributed by atoms with E-state index in [9.17, 15) is 9.59 Å². The van der Waals surface area contributed by atoms with Gasteiger partial charge in [0.05, 0.1) is 11.3 Å². The molecule has 1 atom stereocenters. The summed E-state index contributed by atoms with van der Waals surface area (Å²) in [6.07, 6.45) is 3.25. The SMILES string of the molecule is CN1c2cc(C(=O)NCc3ccccc3Br)ccc2C(=O)N2CCCCC21. The summed E-state index contributed by atoms with van der Waals surface area (Å²) in [6.45, 7) is 1.25. The number of hydrogen-bond acceptors (Lipinski definition) is 3. The summed E-state index contributed by atoms with van der Waals surface area (Å²) < 4.78 is 0.971. The maximum absolute atomic E-state index is 12.8. The smallest absolute Gasteiger partial charge is 0.257 e. The Bertz CT molecular complexity index is 899. The Kier molecular flexibility index (Phi) is 4.91. The fourth-order valence-corrected chi connectivity index (χ4v) is 4.36. The van der Waals surface area contributed by atoms with Crippen LogP contribution in [-0.4, -0.2) is 36.5 Å². The molecule has 4 rings (SSSR count). The second-order valence-corrected chi connectivity index (χ2v) is 7.95. The van der Waals surface area contributed by atoms with Gasteiger partial charge in [0, 0.05) is 30.2 Å². The van der Waals surface area contributed by atoms with Crippen molar-refractivity contribution in [1.29, 1.82) is 0 Å². The zero-order valence-electron chi connectivity index (χ0n) is 15.2. The van der Waals surface area contributed by atoms with Crippen molar-refractivity contribution in [3.05, 3.63) is 63.6 Å². The molecule has 0 aliphatic carbocycles. The number of fused-ring (bicyclic) bond motifs is 2. The van der Waals surface area contributed by atoms with E-state index in [-0.39, 0.29) is 18.0 Å². The third-order valence-electron chi connectivity index (χ3n) is 5.45. The molecule has 0 aromatic heterocycles. The monoisotopic (exact) mass is 427 g/mol. The predicted octanol–water partition coefficient (Wildman–Crippen LogP) is 3.78. The first-order valence-corrected chi connectivity index (χ1v) is 10.0. The van der Waals surface area contributed by atoms with E-state index in [1.807, 2.05) is 42.3 Å². The lowest BCUT2D eigenvalue weighted by atomic mass is 9.97. The molecular formula is C21H22BrN3O2. The van der Waals surface area contributed by atoms with Crippen molar-refractivity contribution in [2.24, 2.45) is 0 Å². The highest BCUT2D eigenvalue weighted by Crippen LogP contribution is 2.34. The van der Waals surface area contributed by atoms with Crippen LogP contribution in [0.1, 0.15) is 45.5 Å². The van der Waals surface area contributed by atoms with Gasteiger partial charge in [0.2, 0.25) is 0 Å². The molecule has 27 heavy (non-hydrogen) atoms. The molecule has 2 aromatic rings. The van der Waals surface area contributed by atoms with Gasteiger partial charge < -0.3 is 15.1 Å². The Labute approximate surface area is 167 Å². The zero-order chi connectivity index (χ0) is 19.0. The van der Waals surface area contributed by atoms with Gasteiger partial charge in [-0.2, -0.15) is 0 Å². The molecule has 5 nitrogen and oxygen atoms in total. The highest BCUT2D eigenvalue weighted by Gasteiger charge is 2.37. The van der Waals surface area contributed by atoms with Crippen molar-refractivity contribution in [2.45, 2.75) is 32.0 Å². The third kappa shape index (κ3) is 3.34. The minimum Gasteiger partial charge on any atom is -0.354 e. The van der Waals surface area contributed by atoms with Crippen LogP contribution in [-0.2, 0) is 6.54 Å². The number of carbonyl (C=O) groups is 2. The van der Waals surface area contributed by atoms with Crippen LogP contribution < -0.4 is 10.2 Å². The summed E-state index contributed by atoms with van der Waals surface area (Å²) in [4.78, 5) is 29.6. The van der Waals surface area contributed by atoms with Gasteiger partial charge in [0.1, 0.15) is 6.17 Å². The van der Waals surface area contributed by atoms with Gasteiger partial charge in [-0.05, 0) is 49.1 Å². The largest absolute Gasteiger partial charge is 0.354 e. The van der Waals surface area contributed by atoms with Gasteiger partial charge in [-0.3, -0.25) is 9.59 Å². The Morgan fingerprint density at radius 1 is 1.22 bits per heavy atom. The molecule has 1 saturated heterocycles. The minimum atomic E-state index is -0.138. The number of carbonyl (C=O) groups excluding carboxylic acids is 2. The maximum Gasteiger partial charge on any atom is 0.257 e. The van der Waals surface area contributed by atoms with Crippen LogP contribution in [0.3, 0.4) is 0 Å². The molecule has 140 valence electrons. The molecular weight excluding hydrogens is 406 g/mol. The number of nitrogens with one attached hydrogen (secondary N) is 1. The van der Waals surface area contributed by atoms with Gasteiger partial charge in [-0.1, -0.05) is 34.1 Å². The quantitative estimate of drug-likeness (QED) is 0.810. The second kappa shape index (κ2) is 7.35. The second-order valence-electron chi connectivity index (χ2n) is 7.09. The number of piperidine rings is 1. The molecule has 1 N–H and O–H groups in total. The molecule has 0 spiro atoms. The topological polar surface area (TPSA) is 52.7 Å². The van der Waals surface area contributed by atoms with Crippen molar-refractivity contribution in [1.82, 2.24) is 10.2 Å². The first kappa shape index (κ1) is 18.0. The zero-order valence-corrected chi connectivity index (χ0v) is 16.8. The molecule has 0 saturated carbocycles. The molecule has 1 fully saturated rings. The van der Waals surface area contributed by atoms with E-state index in [1.165, 1.54) is 0 Å². The number of nitrogens with zero attached hydrogens (tertiary/aromatic N) is 2. The molecule has 2 aromatic carbocycles. The first-order valence-electron chi connectivity index (χ1n) is 9.26. The van der Waals surface area contributed by atoms with Crippen molar-refractivity contribution < 1.29 is 9.59 Å². The van der Waals surface area contributed by atoms with E-state index in [2.05, 4.69) is 26.1 Å². The van der Waals surface area contributed by atoms with Crippen LogP contribution in [0.4, 0.5) is 5.69 Å². The summed E-state index contributed by atoms with van der Waals surface area (Å²) in [7, 11) is 2.01. The molecule has 2 aliphatic rings. The Morgan fingerprint density at radius 3 is 2.85 bits per heavy atom. The van der Waals surface area contributed by atoms with Gasteiger partial charge in [-0.25, -0.2) is 0 Å². The van der Waals surface area contributed by atoms with Crippen molar-refractivity contribution in [3.63, 3.8) is 0 Å². The molecule has 0 radical (unpaired) electrons. The summed E-state index contributed by atoms with van der Waals surface area (Å²) >= 11 is 3.50. The maximum atomic E-state index is 12.8. The molecule has 6 heteroatoms. The number of rotatable bonds is 3. The van der Waals surface area contributed by atoms with E-state index in [4.69, 9.17) is 0 Å². The van der Waals surface area contributed by atoms with Crippen LogP contribution in [0.15, 0.2) is 46.9 Å². The summed E-state index contributed by atoms with van der Waals surface area (Å²) in [5.41, 5.74) is 3.12. The predicted molar refractivity (Wildman–Crippen MR) is 109 cm³/mol. The van der Waals surface area contributed by atoms with Crippen LogP contribution >= 0.6 is 15.9 Å². The number of amides is 2. The lowest BCUT2D eigenvalue weighted by Gasteiger charge is -2.46. The summed E-state index contributed by atoms with van der Waals surface area (Å²) in [5.74, 6) is -0.0616. The Balaban J connectivity index is 1.55. The fraction of sp³-hybridized carbons (Fsp3) is 0.333. The standard InChI is InChI=1S/C21H22BrN3O2/c1-24-18-12-14(20(26)23-13-15-6-2-3-7-17(15)22)9-10-16(18)21(27)25-11-5-4-8-19(24)25/h2-3,6-7,9-10,12,19H,4-5,8,11,13H2,1H3,(H,23,26). The normalized spacial score (nSPS) is 18.7. The number of anilines is 1. The van der Waals surface area contributed by atoms with Crippen LogP contribution in [0, 0.1) is 0 Å². The third-order valence-corrected chi connectivity index (χ3v) is 6.22. The number of halogens is 1. The number of hydrogen-bond donors (Lipinski definition) is 1. The van der Waals surface area contributed by atoms with Gasteiger partial charge in [0.25, 0.3) is 11.8 Å². The molecule has 0 bridgehead atoms. The lowest BCUT2D eigenvalue weighted by molar-refractivity contribution is 0.0589. The molecule has 2 amide bonds. The fourth-order valence-electron chi connectivity index (χ4n) is 3.93. The van der Waals surface area contributed by atoms with Crippen molar-refractivity contribution in [3.8, 4) is 0 Å². The van der Waals surface area contributed by atoms with Gasteiger partial charge >= 0.3 is 0 Å². The molecule has 1 unspecified atom stereocenters. The summed E-state index contributed by atoms with van der Waals surface area (Å²) in [5, 5.41) is 2.96. The average Bonchev–Trinajstić information content (AvgIpc) is 2.71. The van der Waals surface area contributed by atoms with E-state index >= 15 is 0 Å². The van der Waals surface area contributed by atoms with Gasteiger partial charge in [-0.15, -0.1) is 0 Å². The highest BCUT2D eigenvalue weighted by atomic mass is 79.9. The van der Waals surface area contributed by atoms with E-state index in [0.717, 1.165) is 41.5 Å². The Morgan fingerprint density at radius 2 is 2.04 bits per heavy atom. The molecule has 2 aliphatic heterocycles. The Hall–Kier alpha value is -2.34. The average molecular weight is 428 g/mol. The van der Waals surface area contributed by atoms with Crippen molar-refractivity contribution in [2.75, 3.05) is 18.5 Å². The van der Waals surface area contributed by atoms with E-state index in [1.54, 1.807) is 12.1 Å². The minimum absolute atomic E-state index is 0.0768. The number of benzene rings is 2. The summed E-state index contributed by atoms with van der Waals surface area (Å²) in [6, 6.07) is 13.2. The first-order chi connectivity index (χ1) is 13.1. The van der Waals surface area contributed by atoms with E-state index < -0.39 is 0 Å². The highest BCUT2D eigenvalue weighted by molar-refractivity contribution is 9.10. The van der Waals surface area contributed by atoms with Gasteiger partial charge in [0.15, 0.2) is 0 Å². The van der Waals surface area contributed by atoms with Crippen LogP contribution in [0.2, 0.25) is 0 Å². The lowest BCUT2D eigenvalue weighted by Crippen LogP contribution is -2.55. The van der Waals surface area contributed by atoms with Crippen molar-refractivity contribution >= 4 is 33.4 Å². The van der Waals surface area contributed by atoms with Crippen LogP contribution in [0.25, 0.3) is 0 Å². The van der Waals surface area contributed by atoms with Crippen LogP contribution in [0.5, 0.6) is 0 Å². The molecule has 2 heterocycles. The van der Waals surface area contributed by atoms with E-state index in [0.29, 0.717) is 17.7 Å².